The maximum absolute atomic E-state index is 6.35. The summed E-state index contributed by atoms with van der Waals surface area (Å²) < 4.78 is 12.5. The summed E-state index contributed by atoms with van der Waals surface area (Å²) in [5.41, 5.74) is 5.09. The van der Waals surface area contributed by atoms with E-state index in [1.165, 1.54) is 18.2 Å². The summed E-state index contributed by atoms with van der Waals surface area (Å²) in [6.07, 6.45) is 7.60. The van der Waals surface area contributed by atoms with Gasteiger partial charge in [-0.25, -0.2) is 0 Å². The highest BCUT2D eigenvalue weighted by Gasteiger charge is 2.31. The molecule has 3 heterocycles. The zero-order chi connectivity index (χ0) is 23.9. The summed E-state index contributed by atoms with van der Waals surface area (Å²) in [5, 5.41) is 18.2. The molecule has 3 atom stereocenters. The number of benzene rings is 2. The second kappa shape index (κ2) is 8.96. The molecule has 2 aromatic carbocycles. The molecular formula is C28H31N5O2. The third-order valence-corrected chi connectivity index (χ3v) is 7.54. The number of hydrogen-bond donors (Lipinski definition) is 2. The fraction of sp³-hybridized carbons (Fsp3) is 0.393. The Balaban J connectivity index is 1.30. The highest BCUT2D eigenvalue weighted by Crippen LogP contribution is 2.37. The van der Waals surface area contributed by atoms with Crippen molar-refractivity contribution < 1.29 is 9.15 Å². The minimum atomic E-state index is 0.236. The molecule has 0 aliphatic heterocycles. The average Bonchev–Trinajstić information content (AvgIpc) is 3.62. The first-order valence-electron chi connectivity index (χ1n) is 12.5. The Bertz CT molecular complexity index is 1460. The van der Waals surface area contributed by atoms with Crippen LogP contribution in [0.1, 0.15) is 45.9 Å². The maximum Gasteiger partial charge on any atom is 0.248 e. The van der Waals surface area contributed by atoms with Gasteiger partial charge in [-0.15, -0.1) is 10.2 Å². The largest absolute Gasteiger partial charge is 0.418 e. The monoisotopic (exact) mass is 469 g/mol. The normalized spacial score (nSPS) is 20.9. The summed E-state index contributed by atoms with van der Waals surface area (Å²) in [6.45, 7) is 7.23. The van der Waals surface area contributed by atoms with Crippen LogP contribution in [0.15, 0.2) is 53.2 Å². The lowest BCUT2D eigenvalue weighted by molar-refractivity contribution is -0.0535. The molecule has 1 aliphatic carbocycles. The Hall–Kier alpha value is -3.45. The van der Waals surface area contributed by atoms with E-state index in [4.69, 9.17) is 9.15 Å². The van der Waals surface area contributed by atoms with E-state index >= 15 is 0 Å². The molecule has 5 aromatic rings. The lowest BCUT2D eigenvalue weighted by Gasteiger charge is -2.36. The van der Waals surface area contributed by atoms with Gasteiger partial charge in [0.25, 0.3) is 0 Å². The van der Waals surface area contributed by atoms with E-state index in [2.05, 4.69) is 82.5 Å². The first kappa shape index (κ1) is 22.0. The standard InChI is InChI=1S/C28H31N5O2/c1-16(2)19-8-7-17(3)11-26(19)34-15-27-32-33-28(35-27)22-12-18(13-25-23(22)14-30-31-25)20-5-4-6-24-21(20)9-10-29-24/h4-6,9-10,12-14,16-17,19,26,29H,7-8,11,15H2,1-3H3,(H,30,31). The van der Waals surface area contributed by atoms with Crippen molar-refractivity contribution in [1.29, 1.82) is 0 Å². The first-order chi connectivity index (χ1) is 17.1. The Morgan fingerprint density at radius 2 is 1.97 bits per heavy atom. The fourth-order valence-electron chi connectivity index (χ4n) is 5.63. The lowest BCUT2D eigenvalue weighted by atomic mass is 9.75. The summed E-state index contributed by atoms with van der Waals surface area (Å²) in [7, 11) is 0. The van der Waals surface area contributed by atoms with Gasteiger partial charge in [-0.05, 0) is 66.0 Å². The van der Waals surface area contributed by atoms with Gasteiger partial charge in [-0.1, -0.05) is 39.3 Å². The summed E-state index contributed by atoms with van der Waals surface area (Å²) in [6, 6.07) is 12.6. The van der Waals surface area contributed by atoms with Crippen molar-refractivity contribution >= 4 is 21.8 Å². The van der Waals surface area contributed by atoms with Crippen LogP contribution in [0, 0.1) is 17.8 Å². The van der Waals surface area contributed by atoms with Crippen molar-refractivity contribution in [2.75, 3.05) is 0 Å². The van der Waals surface area contributed by atoms with Crippen molar-refractivity contribution in [3.8, 4) is 22.6 Å². The van der Waals surface area contributed by atoms with E-state index < -0.39 is 0 Å². The van der Waals surface area contributed by atoms with E-state index in [9.17, 15) is 0 Å². The number of rotatable bonds is 6. The molecule has 1 fully saturated rings. The SMILES string of the molecule is CC1CCC(C(C)C)C(OCc2nnc(-c3cc(-c4cccc5[nH]ccc45)cc4[nH]ncc34)o2)C1. The molecule has 1 saturated carbocycles. The Morgan fingerprint density at radius 1 is 1.06 bits per heavy atom. The fourth-order valence-corrected chi connectivity index (χ4v) is 5.63. The first-order valence-corrected chi connectivity index (χ1v) is 12.5. The van der Waals surface area contributed by atoms with Crippen LogP contribution in [0.5, 0.6) is 0 Å². The molecule has 35 heavy (non-hydrogen) atoms. The zero-order valence-electron chi connectivity index (χ0n) is 20.4. The Kier molecular flexibility index (Phi) is 5.65. The molecule has 3 aromatic heterocycles. The third-order valence-electron chi connectivity index (χ3n) is 7.54. The topological polar surface area (TPSA) is 92.6 Å². The number of nitrogens with zero attached hydrogens (tertiary/aromatic N) is 3. The predicted octanol–water partition coefficient (Wildman–Crippen LogP) is 6.74. The predicted molar refractivity (Wildman–Crippen MR) is 137 cm³/mol. The van der Waals surface area contributed by atoms with E-state index in [0.29, 0.717) is 36.1 Å². The molecule has 0 bridgehead atoms. The molecule has 0 spiro atoms. The molecule has 0 radical (unpaired) electrons. The number of aromatic amines is 2. The van der Waals surface area contributed by atoms with Crippen LogP contribution in [-0.4, -0.2) is 31.5 Å². The second-order valence-corrected chi connectivity index (χ2v) is 10.3. The van der Waals surface area contributed by atoms with Crippen LogP contribution in [0.4, 0.5) is 0 Å². The van der Waals surface area contributed by atoms with Crippen LogP contribution in [0.25, 0.3) is 44.4 Å². The highest BCUT2D eigenvalue weighted by atomic mass is 16.5. The number of hydrogen-bond acceptors (Lipinski definition) is 5. The molecule has 0 saturated heterocycles. The molecular weight excluding hydrogens is 438 g/mol. The van der Waals surface area contributed by atoms with Crippen molar-refractivity contribution in [3.63, 3.8) is 0 Å². The summed E-state index contributed by atoms with van der Waals surface area (Å²) in [5.74, 6) is 2.86. The van der Waals surface area contributed by atoms with Crippen molar-refractivity contribution in [2.45, 2.75) is 52.7 Å². The van der Waals surface area contributed by atoms with Gasteiger partial charge in [0.1, 0.15) is 6.61 Å². The van der Waals surface area contributed by atoms with Crippen LogP contribution >= 0.6 is 0 Å². The van der Waals surface area contributed by atoms with Gasteiger partial charge >= 0.3 is 0 Å². The molecule has 6 rings (SSSR count). The smallest absolute Gasteiger partial charge is 0.248 e. The number of fused-ring (bicyclic) bond motifs is 2. The van der Waals surface area contributed by atoms with Gasteiger partial charge in [-0.2, -0.15) is 5.10 Å². The van der Waals surface area contributed by atoms with Crippen LogP contribution in [0.3, 0.4) is 0 Å². The Morgan fingerprint density at radius 3 is 2.86 bits per heavy atom. The van der Waals surface area contributed by atoms with E-state index in [-0.39, 0.29) is 6.10 Å². The zero-order valence-corrected chi connectivity index (χ0v) is 20.4. The molecule has 3 unspecified atom stereocenters. The second-order valence-electron chi connectivity index (χ2n) is 10.3. The number of ether oxygens (including phenoxy) is 1. The average molecular weight is 470 g/mol. The van der Waals surface area contributed by atoms with Crippen LogP contribution in [-0.2, 0) is 11.3 Å². The van der Waals surface area contributed by atoms with Crippen LogP contribution < -0.4 is 0 Å². The minimum absolute atomic E-state index is 0.236. The molecule has 0 amide bonds. The van der Waals surface area contributed by atoms with Crippen LogP contribution in [0.2, 0.25) is 0 Å². The maximum atomic E-state index is 6.35. The van der Waals surface area contributed by atoms with Gasteiger partial charge in [0, 0.05) is 22.5 Å². The molecule has 7 heteroatoms. The van der Waals surface area contributed by atoms with Gasteiger partial charge in [-0.3, -0.25) is 5.10 Å². The third kappa shape index (κ3) is 4.14. The van der Waals surface area contributed by atoms with Gasteiger partial charge < -0.3 is 14.1 Å². The van der Waals surface area contributed by atoms with Crippen molar-refractivity contribution in [3.05, 3.63) is 54.7 Å². The quantitative estimate of drug-likeness (QED) is 0.287. The minimum Gasteiger partial charge on any atom is -0.418 e. The van der Waals surface area contributed by atoms with Gasteiger partial charge in [0.05, 0.1) is 23.4 Å². The lowest BCUT2D eigenvalue weighted by Crippen LogP contribution is -2.34. The van der Waals surface area contributed by atoms with E-state index in [1.54, 1.807) is 0 Å². The van der Waals surface area contributed by atoms with Gasteiger partial charge in [0.2, 0.25) is 11.8 Å². The highest BCUT2D eigenvalue weighted by molar-refractivity contribution is 6.01. The summed E-state index contributed by atoms with van der Waals surface area (Å²) >= 11 is 0. The van der Waals surface area contributed by atoms with Gasteiger partial charge in [0.15, 0.2) is 0 Å². The van der Waals surface area contributed by atoms with E-state index in [1.807, 2.05) is 12.4 Å². The summed E-state index contributed by atoms with van der Waals surface area (Å²) in [4.78, 5) is 3.29. The number of H-pyrrole nitrogens is 2. The number of aromatic nitrogens is 5. The molecule has 2 N–H and O–H groups in total. The molecule has 7 nitrogen and oxygen atoms in total. The van der Waals surface area contributed by atoms with E-state index in [0.717, 1.165) is 39.5 Å². The number of nitrogens with one attached hydrogen (secondary N) is 2. The Labute approximate surface area is 204 Å². The van der Waals surface area contributed by atoms with Crippen molar-refractivity contribution in [2.24, 2.45) is 17.8 Å². The molecule has 1 aliphatic rings. The van der Waals surface area contributed by atoms with Crippen molar-refractivity contribution in [1.82, 2.24) is 25.4 Å². The molecule has 180 valence electrons.